The number of benzene rings is 2. The number of nitrogens with one attached hydrogen (secondary N) is 1. The van der Waals surface area contributed by atoms with E-state index in [4.69, 9.17) is 0 Å². The highest BCUT2D eigenvalue weighted by Crippen LogP contribution is 2.40. The summed E-state index contributed by atoms with van der Waals surface area (Å²) in [6.45, 7) is 0. The molecular formula is C14H10Br2FNO. The summed E-state index contributed by atoms with van der Waals surface area (Å²) in [5.41, 5.74) is 2.41. The van der Waals surface area contributed by atoms with E-state index in [1.165, 1.54) is 12.1 Å². The molecule has 1 aliphatic heterocycles. The largest absolute Gasteiger partial charge is 0.507 e. The molecule has 5 heteroatoms. The maximum absolute atomic E-state index is 14.0. The topological polar surface area (TPSA) is 32.3 Å². The molecular weight excluding hydrogens is 377 g/mol. The minimum atomic E-state index is -0.406. The Morgan fingerprint density at radius 1 is 1.16 bits per heavy atom. The van der Waals surface area contributed by atoms with E-state index in [0.29, 0.717) is 16.5 Å². The number of aromatic hydroxyl groups is 1. The standard InChI is InChI=1S/C14H10Br2FNO/c15-8-1-2-11-7(3-8)4-12(18-11)14-10(17)5-9(16)6-13(14)19/h1-3,5-6,12,18-19H,4H2/t12-/m1/s1. The Bertz CT molecular complexity index is 637. The normalized spacial score (nSPS) is 17.1. The van der Waals surface area contributed by atoms with E-state index in [0.717, 1.165) is 15.7 Å². The monoisotopic (exact) mass is 385 g/mol. The molecule has 2 aromatic rings. The lowest BCUT2D eigenvalue weighted by atomic mass is 10.0. The zero-order valence-corrected chi connectivity index (χ0v) is 12.9. The average molecular weight is 387 g/mol. The Hall–Kier alpha value is -1.07. The fraction of sp³-hybridized carbons (Fsp3) is 0.143. The quantitative estimate of drug-likeness (QED) is 0.740. The second-order valence-corrected chi connectivity index (χ2v) is 6.35. The molecule has 1 heterocycles. The molecule has 0 amide bonds. The van der Waals surface area contributed by atoms with E-state index in [2.05, 4.69) is 37.2 Å². The van der Waals surface area contributed by atoms with Gasteiger partial charge in [0.1, 0.15) is 11.6 Å². The van der Waals surface area contributed by atoms with E-state index in [1.807, 2.05) is 18.2 Å². The van der Waals surface area contributed by atoms with Gasteiger partial charge in [0.25, 0.3) is 0 Å². The summed E-state index contributed by atoms with van der Waals surface area (Å²) >= 11 is 6.59. The molecule has 2 N–H and O–H groups in total. The van der Waals surface area contributed by atoms with Gasteiger partial charge in [0.05, 0.1) is 11.6 Å². The van der Waals surface area contributed by atoms with Crippen LogP contribution in [0.15, 0.2) is 39.3 Å². The van der Waals surface area contributed by atoms with Crippen molar-refractivity contribution >= 4 is 37.5 Å². The molecule has 1 atom stereocenters. The van der Waals surface area contributed by atoms with Gasteiger partial charge in [-0.25, -0.2) is 4.39 Å². The van der Waals surface area contributed by atoms with Gasteiger partial charge in [0.2, 0.25) is 0 Å². The summed E-state index contributed by atoms with van der Waals surface area (Å²) in [5.74, 6) is -0.438. The van der Waals surface area contributed by atoms with Crippen LogP contribution in [0, 0.1) is 5.82 Å². The molecule has 0 bridgehead atoms. The van der Waals surface area contributed by atoms with Gasteiger partial charge in [-0.2, -0.15) is 0 Å². The van der Waals surface area contributed by atoms with Crippen LogP contribution in [-0.2, 0) is 6.42 Å². The van der Waals surface area contributed by atoms with Gasteiger partial charge in [-0.1, -0.05) is 31.9 Å². The Morgan fingerprint density at radius 2 is 1.95 bits per heavy atom. The highest BCUT2D eigenvalue weighted by atomic mass is 79.9. The molecule has 0 saturated carbocycles. The SMILES string of the molecule is Oc1cc(Br)cc(F)c1[C@H]1Cc2cc(Br)ccc2N1. The molecule has 0 spiro atoms. The van der Waals surface area contributed by atoms with E-state index in [1.54, 1.807) is 0 Å². The molecule has 1 aliphatic rings. The molecule has 0 saturated heterocycles. The number of hydrogen-bond donors (Lipinski definition) is 2. The van der Waals surface area contributed by atoms with Crippen LogP contribution in [0.5, 0.6) is 5.75 Å². The molecule has 0 radical (unpaired) electrons. The molecule has 19 heavy (non-hydrogen) atoms. The van der Waals surface area contributed by atoms with Crippen molar-refractivity contribution in [3.8, 4) is 5.75 Å². The first-order valence-electron chi connectivity index (χ1n) is 5.77. The Balaban J connectivity index is 1.99. The Kier molecular flexibility index (Phi) is 3.27. The van der Waals surface area contributed by atoms with Crippen molar-refractivity contribution in [3.63, 3.8) is 0 Å². The first-order chi connectivity index (χ1) is 9.04. The van der Waals surface area contributed by atoms with Crippen molar-refractivity contribution in [1.82, 2.24) is 0 Å². The number of phenolic OH excluding ortho intramolecular Hbond substituents is 1. The fourth-order valence-corrected chi connectivity index (χ4v) is 3.25. The summed E-state index contributed by atoms with van der Waals surface area (Å²) in [7, 11) is 0. The van der Waals surface area contributed by atoms with Gasteiger partial charge >= 0.3 is 0 Å². The Labute approximate surface area is 126 Å². The van der Waals surface area contributed by atoms with Crippen LogP contribution < -0.4 is 5.32 Å². The van der Waals surface area contributed by atoms with Crippen molar-refractivity contribution in [3.05, 3.63) is 56.2 Å². The number of halogens is 3. The minimum absolute atomic E-state index is 0.0313. The van der Waals surface area contributed by atoms with Crippen LogP contribution in [0.1, 0.15) is 17.2 Å². The lowest BCUT2D eigenvalue weighted by Crippen LogP contribution is -2.08. The summed E-state index contributed by atoms with van der Waals surface area (Å²) in [4.78, 5) is 0. The molecule has 0 aromatic heterocycles. The molecule has 2 aromatic carbocycles. The van der Waals surface area contributed by atoms with Crippen molar-refractivity contribution in [2.75, 3.05) is 5.32 Å². The summed E-state index contributed by atoms with van der Waals surface area (Å²) in [5, 5.41) is 13.2. The smallest absolute Gasteiger partial charge is 0.133 e. The van der Waals surface area contributed by atoms with Crippen LogP contribution in [0.2, 0.25) is 0 Å². The lowest BCUT2D eigenvalue weighted by molar-refractivity contribution is 0.452. The van der Waals surface area contributed by atoms with Crippen molar-refractivity contribution in [2.24, 2.45) is 0 Å². The lowest BCUT2D eigenvalue weighted by Gasteiger charge is -2.14. The van der Waals surface area contributed by atoms with Gasteiger partial charge in [-0.15, -0.1) is 0 Å². The van der Waals surface area contributed by atoms with E-state index < -0.39 is 5.82 Å². The first kappa shape index (κ1) is 12.9. The number of hydrogen-bond acceptors (Lipinski definition) is 2. The number of phenols is 1. The number of fused-ring (bicyclic) bond motifs is 1. The summed E-state index contributed by atoms with van der Waals surface area (Å²) < 4.78 is 15.6. The molecule has 98 valence electrons. The van der Waals surface area contributed by atoms with Gasteiger partial charge in [-0.3, -0.25) is 0 Å². The third-order valence-corrected chi connectivity index (χ3v) is 4.19. The highest BCUT2D eigenvalue weighted by Gasteiger charge is 2.27. The summed E-state index contributed by atoms with van der Waals surface area (Å²) in [6, 6.07) is 8.54. The van der Waals surface area contributed by atoms with E-state index >= 15 is 0 Å². The van der Waals surface area contributed by atoms with Gasteiger partial charge < -0.3 is 10.4 Å². The van der Waals surface area contributed by atoms with Crippen molar-refractivity contribution in [1.29, 1.82) is 0 Å². The van der Waals surface area contributed by atoms with E-state index in [-0.39, 0.29) is 11.8 Å². The third kappa shape index (κ3) is 2.37. The minimum Gasteiger partial charge on any atom is -0.507 e. The second-order valence-electron chi connectivity index (χ2n) is 4.52. The maximum Gasteiger partial charge on any atom is 0.133 e. The second kappa shape index (κ2) is 4.80. The van der Waals surface area contributed by atoms with Crippen LogP contribution in [0.4, 0.5) is 10.1 Å². The molecule has 0 aliphatic carbocycles. The van der Waals surface area contributed by atoms with Gasteiger partial charge in [-0.05, 0) is 42.3 Å². The zero-order valence-electron chi connectivity index (χ0n) is 9.75. The molecule has 3 rings (SSSR count). The predicted molar refractivity (Wildman–Crippen MR) is 80.0 cm³/mol. The van der Waals surface area contributed by atoms with Gasteiger partial charge in [0, 0.05) is 14.6 Å². The van der Waals surface area contributed by atoms with E-state index in [9.17, 15) is 9.50 Å². The number of anilines is 1. The molecule has 0 unspecified atom stereocenters. The molecule has 2 nitrogen and oxygen atoms in total. The van der Waals surface area contributed by atoms with Crippen molar-refractivity contribution < 1.29 is 9.50 Å². The summed E-state index contributed by atoms with van der Waals surface area (Å²) in [6.07, 6.45) is 0.654. The third-order valence-electron chi connectivity index (χ3n) is 3.24. The Morgan fingerprint density at radius 3 is 2.68 bits per heavy atom. The van der Waals surface area contributed by atoms with Crippen molar-refractivity contribution in [2.45, 2.75) is 12.5 Å². The fourth-order valence-electron chi connectivity index (χ4n) is 2.42. The van der Waals surface area contributed by atoms with Gasteiger partial charge in [0.15, 0.2) is 0 Å². The van der Waals surface area contributed by atoms with Crippen LogP contribution in [0.25, 0.3) is 0 Å². The average Bonchev–Trinajstić information content (AvgIpc) is 2.69. The van der Waals surface area contributed by atoms with Crippen LogP contribution in [0.3, 0.4) is 0 Å². The molecule has 0 fully saturated rings. The zero-order chi connectivity index (χ0) is 13.6. The first-order valence-corrected chi connectivity index (χ1v) is 7.36. The highest BCUT2D eigenvalue weighted by molar-refractivity contribution is 9.10. The maximum atomic E-state index is 14.0. The van der Waals surface area contributed by atoms with Crippen LogP contribution >= 0.6 is 31.9 Å². The number of rotatable bonds is 1. The van der Waals surface area contributed by atoms with Crippen LogP contribution in [-0.4, -0.2) is 5.11 Å². The predicted octanol–water partition coefficient (Wildman–Crippen LogP) is 4.77.